The molecule has 3 unspecified atom stereocenters. The van der Waals surface area contributed by atoms with Crippen LogP contribution in [0.3, 0.4) is 0 Å². The molecule has 1 aromatic carbocycles. The zero-order chi connectivity index (χ0) is 14.3. The van der Waals surface area contributed by atoms with E-state index in [1.54, 1.807) is 17.0 Å². The highest BCUT2D eigenvalue weighted by Gasteiger charge is 2.50. The van der Waals surface area contributed by atoms with Gasteiger partial charge in [-0.2, -0.15) is 0 Å². The first-order chi connectivity index (χ1) is 9.56. The number of nitrogens with zero attached hydrogens (tertiary/aromatic N) is 1. The second kappa shape index (κ2) is 4.89. The maximum atomic E-state index is 13.1. The minimum Gasteiger partial charge on any atom is -0.481 e. The number of carbonyl (C=O) groups excluding carboxylic acids is 1. The standard InChI is InChI=1S/C15H16FNO3/c16-10-3-1-2-9(6-10)7-14(18)17-11-4-5-13(17)12(8-11)15(19)20/h1-3,6,11-13H,4-5,7-8H2,(H,19,20). The topological polar surface area (TPSA) is 57.6 Å². The molecule has 2 aliphatic heterocycles. The molecule has 0 radical (unpaired) electrons. The van der Waals surface area contributed by atoms with Crippen molar-refractivity contribution in [1.82, 2.24) is 4.90 Å². The molecule has 2 bridgehead atoms. The molecule has 1 N–H and O–H groups in total. The Kier molecular flexibility index (Phi) is 3.20. The highest BCUT2D eigenvalue weighted by atomic mass is 19.1. The van der Waals surface area contributed by atoms with E-state index in [1.807, 2.05) is 0 Å². The zero-order valence-electron chi connectivity index (χ0n) is 11.0. The summed E-state index contributed by atoms with van der Waals surface area (Å²) >= 11 is 0. The number of aliphatic carboxylic acids is 1. The van der Waals surface area contributed by atoms with E-state index in [-0.39, 0.29) is 30.2 Å². The number of rotatable bonds is 3. The molecule has 0 aromatic heterocycles. The Labute approximate surface area is 116 Å². The van der Waals surface area contributed by atoms with E-state index < -0.39 is 11.9 Å². The number of amides is 1. The summed E-state index contributed by atoms with van der Waals surface area (Å²) in [5.74, 6) is -1.71. The van der Waals surface area contributed by atoms with E-state index in [9.17, 15) is 19.1 Å². The first kappa shape index (κ1) is 13.1. The quantitative estimate of drug-likeness (QED) is 0.917. The van der Waals surface area contributed by atoms with Crippen LogP contribution in [0.15, 0.2) is 24.3 Å². The van der Waals surface area contributed by atoms with E-state index in [0.717, 1.165) is 12.8 Å². The van der Waals surface area contributed by atoms with Crippen LogP contribution in [0.1, 0.15) is 24.8 Å². The van der Waals surface area contributed by atoms with Gasteiger partial charge in [0.25, 0.3) is 0 Å². The van der Waals surface area contributed by atoms with Crippen molar-refractivity contribution < 1.29 is 19.1 Å². The van der Waals surface area contributed by atoms with E-state index in [0.29, 0.717) is 12.0 Å². The highest BCUT2D eigenvalue weighted by molar-refractivity contribution is 5.82. The van der Waals surface area contributed by atoms with Crippen LogP contribution in [-0.2, 0) is 16.0 Å². The van der Waals surface area contributed by atoms with Gasteiger partial charge < -0.3 is 10.0 Å². The highest BCUT2D eigenvalue weighted by Crippen LogP contribution is 2.42. The van der Waals surface area contributed by atoms with Crippen LogP contribution in [-0.4, -0.2) is 34.0 Å². The van der Waals surface area contributed by atoms with Gasteiger partial charge >= 0.3 is 5.97 Å². The fourth-order valence-corrected chi connectivity index (χ4v) is 3.56. The predicted molar refractivity (Wildman–Crippen MR) is 69.5 cm³/mol. The minimum absolute atomic E-state index is 0.0437. The van der Waals surface area contributed by atoms with E-state index in [1.165, 1.54) is 12.1 Å². The lowest BCUT2D eigenvalue weighted by Gasteiger charge is -2.23. The first-order valence-corrected chi connectivity index (χ1v) is 6.84. The number of benzene rings is 1. The molecule has 1 aromatic rings. The molecular formula is C15H16FNO3. The van der Waals surface area contributed by atoms with Gasteiger partial charge in [0, 0.05) is 12.1 Å². The van der Waals surface area contributed by atoms with Crippen LogP contribution in [0.4, 0.5) is 4.39 Å². The number of hydrogen-bond acceptors (Lipinski definition) is 2. The SMILES string of the molecule is O=C(O)C1CC2CCC1N2C(=O)Cc1cccc(F)c1. The van der Waals surface area contributed by atoms with Gasteiger partial charge in [-0.25, -0.2) is 4.39 Å². The Bertz CT molecular complexity index is 560. The third-order valence-corrected chi connectivity index (χ3v) is 4.39. The fraction of sp³-hybridized carbons (Fsp3) is 0.467. The maximum Gasteiger partial charge on any atom is 0.308 e. The van der Waals surface area contributed by atoms with Crippen molar-refractivity contribution in [2.45, 2.75) is 37.8 Å². The average molecular weight is 277 g/mol. The van der Waals surface area contributed by atoms with Crippen LogP contribution in [0, 0.1) is 11.7 Å². The number of carboxylic acids is 1. The van der Waals surface area contributed by atoms with Crippen molar-refractivity contribution in [2.75, 3.05) is 0 Å². The molecule has 2 fully saturated rings. The fourth-order valence-electron chi connectivity index (χ4n) is 3.56. The predicted octanol–water partition coefficient (Wildman–Crippen LogP) is 1.83. The number of carbonyl (C=O) groups is 2. The smallest absolute Gasteiger partial charge is 0.308 e. The van der Waals surface area contributed by atoms with Gasteiger partial charge in [0.2, 0.25) is 5.91 Å². The molecule has 1 amide bonds. The zero-order valence-corrected chi connectivity index (χ0v) is 11.0. The summed E-state index contributed by atoms with van der Waals surface area (Å²) in [5.41, 5.74) is 0.633. The summed E-state index contributed by atoms with van der Waals surface area (Å²) < 4.78 is 13.1. The molecule has 3 atom stereocenters. The second-order valence-corrected chi connectivity index (χ2v) is 5.59. The van der Waals surface area contributed by atoms with E-state index in [2.05, 4.69) is 0 Å². The lowest BCUT2D eigenvalue weighted by molar-refractivity contribution is -0.143. The van der Waals surface area contributed by atoms with Crippen LogP contribution >= 0.6 is 0 Å². The molecule has 2 saturated heterocycles. The Hall–Kier alpha value is -1.91. The minimum atomic E-state index is -0.819. The monoisotopic (exact) mass is 277 g/mol. The van der Waals surface area contributed by atoms with E-state index in [4.69, 9.17) is 0 Å². The van der Waals surface area contributed by atoms with Crippen LogP contribution in [0.2, 0.25) is 0 Å². The normalized spacial score (nSPS) is 27.9. The van der Waals surface area contributed by atoms with Crippen molar-refractivity contribution in [3.8, 4) is 0 Å². The van der Waals surface area contributed by atoms with Crippen molar-refractivity contribution in [3.05, 3.63) is 35.6 Å². The van der Waals surface area contributed by atoms with Crippen molar-refractivity contribution in [3.63, 3.8) is 0 Å². The first-order valence-electron chi connectivity index (χ1n) is 6.84. The Morgan fingerprint density at radius 3 is 2.80 bits per heavy atom. The number of fused-ring (bicyclic) bond motifs is 2. The number of halogens is 1. The molecule has 0 aliphatic carbocycles. The Balaban J connectivity index is 1.74. The van der Waals surface area contributed by atoms with Gasteiger partial charge in [-0.05, 0) is 37.0 Å². The molecule has 2 heterocycles. The summed E-state index contributed by atoms with van der Waals surface area (Å²) in [6.45, 7) is 0. The van der Waals surface area contributed by atoms with Crippen molar-refractivity contribution >= 4 is 11.9 Å². The van der Waals surface area contributed by atoms with Crippen molar-refractivity contribution in [1.29, 1.82) is 0 Å². The molecule has 106 valence electrons. The van der Waals surface area contributed by atoms with Gasteiger partial charge in [0.1, 0.15) is 5.82 Å². The number of hydrogen-bond donors (Lipinski definition) is 1. The molecular weight excluding hydrogens is 261 g/mol. The lowest BCUT2D eigenvalue weighted by Crippen LogP contribution is -2.38. The summed E-state index contributed by atoms with van der Waals surface area (Å²) in [6.07, 6.45) is 2.33. The van der Waals surface area contributed by atoms with Crippen LogP contribution < -0.4 is 0 Å². The summed E-state index contributed by atoms with van der Waals surface area (Å²) in [5, 5.41) is 9.17. The largest absolute Gasteiger partial charge is 0.481 e. The van der Waals surface area contributed by atoms with Gasteiger partial charge in [0.15, 0.2) is 0 Å². The van der Waals surface area contributed by atoms with Crippen LogP contribution in [0.25, 0.3) is 0 Å². The third-order valence-electron chi connectivity index (χ3n) is 4.39. The molecule has 3 rings (SSSR count). The number of carboxylic acid groups (broad SMARTS) is 1. The van der Waals surface area contributed by atoms with E-state index >= 15 is 0 Å². The van der Waals surface area contributed by atoms with Gasteiger partial charge in [0.05, 0.1) is 12.3 Å². The summed E-state index contributed by atoms with van der Waals surface area (Å²) in [4.78, 5) is 25.3. The van der Waals surface area contributed by atoms with Gasteiger partial charge in [-0.3, -0.25) is 9.59 Å². The molecule has 20 heavy (non-hydrogen) atoms. The van der Waals surface area contributed by atoms with Crippen LogP contribution in [0.5, 0.6) is 0 Å². The van der Waals surface area contributed by atoms with Gasteiger partial charge in [-0.15, -0.1) is 0 Å². The maximum absolute atomic E-state index is 13.1. The molecule has 0 spiro atoms. The van der Waals surface area contributed by atoms with Crippen molar-refractivity contribution in [2.24, 2.45) is 5.92 Å². The molecule has 2 aliphatic rings. The molecule has 5 heteroatoms. The summed E-state index contributed by atoms with van der Waals surface area (Å²) in [6, 6.07) is 5.85. The molecule has 4 nitrogen and oxygen atoms in total. The second-order valence-electron chi connectivity index (χ2n) is 5.59. The average Bonchev–Trinajstić information content (AvgIpc) is 2.96. The van der Waals surface area contributed by atoms with Gasteiger partial charge in [-0.1, -0.05) is 12.1 Å². The molecule has 0 saturated carbocycles. The Morgan fingerprint density at radius 2 is 2.15 bits per heavy atom. The Morgan fingerprint density at radius 1 is 1.35 bits per heavy atom. The third kappa shape index (κ3) is 2.17. The summed E-state index contributed by atoms with van der Waals surface area (Å²) in [7, 11) is 0. The lowest BCUT2D eigenvalue weighted by atomic mass is 9.89.